The number of amides is 2. The van der Waals surface area contributed by atoms with Crippen molar-refractivity contribution in [1.82, 2.24) is 9.47 Å². The van der Waals surface area contributed by atoms with Gasteiger partial charge in [0.1, 0.15) is 11.5 Å². The number of esters is 1. The first-order valence-corrected chi connectivity index (χ1v) is 13.6. The Bertz CT molecular complexity index is 1230. The second kappa shape index (κ2) is 10.6. The minimum Gasteiger partial charge on any atom is -0.462 e. The third-order valence-electron chi connectivity index (χ3n) is 5.43. The van der Waals surface area contributed by atoms with Crippen LogP contribution in [0.5, 0.6) is 0 Å². The molecule has 0 saturated carbocycles. The molecule has 0 bridgehead atoms. The van der Waals surface area contributed by atoms with Crippen molar-refractivity contribution in [2.24, 2.45) is 10.9 Å². The second-order valence-corrected chi connectivity index (χ2v) is 11.2. The maximum absolute atomic E-state index is 12.5. The van der Waals surface area contributed by atoms with E-state index in [0.29, 0.717) is 35.9 Å². The van der Waals surface area contributed by atoms with Gasteiger partial charge in [0.15, 0.2) is 14.6 Å². The Labute approximate surface area is 197 Å². The number of piperidine rings is 1. The number of hydrogen-bond acceptors (Lipinski definition) is 7. The van der Waals surface area contributed by atoms with Gasteiger partial charge in [-0.2, -0.15) is 4.99 Å². The topological polar surface area (TPSA) is 115 Å². The first-order valence-electron chi connectivity index (χ1n) is 11.0. The highest BCUT2D eigenvalue weighted by Gasteiger charge is 2.27. The lowest BCUT2D eigenvalue weighted by Gasteiger charge is -2.30. The average molecular weight is 496 g/mol. The Morgan fingerprint density at radius 2 is 1.97 bits per heavy atom. The van der Waals surface area contributed by atoms with Crippen molar-refractivity contribution in [2.45, 2.75) is 40.2 Å². The number of sulfone groups is 1. The Morgan fingerprint density at radius 1 is 1.21 bits per heavy atom. The van der Waals surface area contributed by atoms with E-state index in [1.54, 1.807) is 34.6 Å². The molecule has 1 unspecified atom stereocenters. The van der Waals surface area contributed by atoms with E-state index < -0.39 is 39.1 Å². The molecule has 9 nitrogen and oxygen atoms in total. The molecule has 2 aromatic rings. The Balaban J connectivity index is 1.78. The number of ether oxygens (including phenoxy) is 1. The largest absolute Gasteiger partial charge is 0.462 e. The van der Waals surface area contributed by atoms with Crippen molar-refractivity contribution in [1.29, 1.82) is 0 Å². The summed E-state index contributed by atoms with van der Waals surface area (Å²) in [6.45, 7) is 7.48. The molecule has 0 spiro atoms. The molecule has 0 radical (unpaired) electrons. The number of nitrogens with zero attached hydrogens (tertiary/aromatic N) is 3. The zero-order valence-corrected chi connectivity index (χ0v) is 20.7. The number of carbonyl (C=O) groups is 3. The van der Waals surface area contributed by atoms with E-state index in [1.165, 1.54) is 11.3 Å². The molecule has 1 saturated heterocycles. The van der Waals surface area contributed by atoms with Crippen molar-refractivity contribution in [2.75, 3.05) is 31.2 Å². The van der Waals surface area contributed by atoms with Crippen LogP contribution in [0.2, 0.25) is 0 Å². The minimum absolute atomic E-state index is 0.263. The van der Waals surface area contributed by atoms with E-state index in [2.05, 4.69) is 4.99 Å². The van der Waals surface area contributed by atoms with Crippen LogP contribution in [-0.2, 0) is 30.7 Å². The summed E-state index contributed by atoms with van der Waals surface area (Å²) in [6.07, 6.45) is 1.86. The fraction of sp³-hybridized carbons (Fsp3) is 0.545. The first kappa shape index (κ1) is 25.1. The van der Waals surface area contributed by atoms with Crippen LogP contribution in [0.3, 0.4) is 0 Å². The first-order chi connectivity index (χ1) is 15.6. The molecular formula is C22H29N3O6S2. The molecule has 2 heterocycles. The summed E-state index contributed by atoms with van der Waals surface area (Å²) in [7, 11) is -3.94. The van der Waals surface area contributed by atoms with Gasteiger partial charge < -0.3 is 14.2 Å². The summed E-state index contributed by atoms with van der Waals surface area (Å²) in [5.74, 6) is -2.91. The molecule has 1 aliphatic rings. The molecule has 0 N–H and O–H groups in total. The zero-order valence-electron chi connectivity index (χ0n) is 19.1. The quantitative estimate of drug-likeness (QED) is 0.543. The van der Waals surface area contributed by atoms with Gasteiger partial charge >= 0.3 is 5.97 Å². The van der Waals surface area contributed by atoms with Crippen LogP contribution in [0.15, 0.2) is 23.2 Å². The van der Waals surface area contributed by atoms with Crippen LogP contribution in [0.25, 0.3) is 10.2 Å². The van der Waals surface area contributed by atoms with E-state index in [0.717, 1.165) is 23.1 Å². The Hall–Kier alpha value is -2.53. The standard InChI is InChI=1S/C22H29N3O6S2/c1-4-25-17-9-8-16(21(28)31-5-2)11-18(17)32-22(25)23-19(26)13-33(29,30)14-20(27)24-10-6-7-15(3)12-24/h8-9,11,15H,4-7,10,12-14H2,1-3H3. The lowest BCUT2D eigenvalue weighted by Crippen LogP contribution is -2.42. The number of aromatic nitrogens is 1. The monoisotopic (exact) mass is 495 g/mol. The maximum atomic E-state index is 12.5. The maximum Gasteiger partial charge on any atom is 0.338 e. The predicted molar refractivity (Wildman–Crippen MR) is 126 cm³/mol. The summed E-state index contributed by atoms with van der Waals surface area (Å²) in [5.41, 5.74) is 1.17. The van der Waals surface area contributed by atoms with Crippen LogP contribution >= 0.6 is 11.3 Å². The Morgan fingerprint density at radius 3 is 2.64 bits per heavy atom. The van der Waals surface area contributed by atoms with Crippen LogP contribution in [-0.4, -0.2) is 66.9 Å². The van der Waals surface area contributed by atoms with Gasteiger partial charge in [0.2, 0.25) is 5.91 Å². The molecular weight excluding hydrogens is 466 g/mol. The van der Waals surface area contributed by atoms with E-state index in [9.17, 15) is 22.8 Å². The van der Waals surface area contributed by atoms with E-state index in [-0.39, 0.29) is 6.61 Å². The van der Waals surface area contributed by atoms with Gasteiger partial charge in [0.05, 0.1) is 22.4 Å². The van der Waals surface area contributed by atoms with Crippen molar-refractivity contribution >= 4 is 49.2 Å². The summed E-state index contributed by atoms with van der Waals surface area (Å²) < 4.78 is 32.5. The molecule has 1 aromatic heterocycles. The number of hydrogen-bond donors (Lipinski definition) is 0. The molecule has 3 rings (SSSR count). The third-order valence-corrected chi connectivity index (χ3v) is 7.84. The molecule has 1 aliphatic heterocycles. The molecule has 1 aromatic carbocycles. The summed E-state index contributed by atoms with van der Waals surface area (Å²) in [5, 5.41) is 0. The van der Waals surface area contributed by atoms with Gasteiger partial charge in [0.25, 0.3) is 5.91 Å². The number of fused-ring (bicyclic) bond motifs is 1. The highest BCUT2D eigenvalue weighted by molar-refractivity contribution is 7.92. The van der Waals surface area contributed by atoms with E-state index in [1.807, 2.05) is 13.8 Å². The second-order valence-electron chi connectivity index (χ2n) is 8.16. The molecule has 0 aliphatic carbocycles. The average Bonchev–Trinajstić information content (AvgIpc) is 3.08. The summed E-state index contributed by atoms with van der Waals surface area (Å²) in [4.78, 5) is 42.8. The molecule has 1 fully saturated rings. The van der Waals surface area contributed by atoms with E-state index >= 15 is 0 Å². The van der Waals surface area contributed by atoms with Crippen molar-refractivity contribution < 1.29 is 27.5 Å². The van der Waals surface area contributed by atoms with Gasteiger partial charge in [-0.15, -0.1) is 0 Å². The van der Waals surface area contributed by atoms with Gasteiger partial charge in [-0.3, -0.25) is 9.59 Å². The zero-order chi connectivity index (χ0) is 24.2. The van der Waals surface area contributed by atoms with Crippen LogP contribution in [0, 0.1) is 5.92 Å². The van der Waals surface area contributed by atoms with Crippen molar-refractivity contribution in [3.63, 3.8) is 0 Å². The predicted octanol–water partition coefficient (Wildman–Crippen LogP) is 2.00. The van der Waals surface area contributed by atoms with Crippen LogP contribution < -0.4 is 4.80 Å². The van der Waals surface area contributed by atoms with Crippen molar-refractivity contribution in [3.8, 4) is 0 Å². The number of benzene rings is 1. The molecule has 1 atom stereocenters. The summed E-state index contributed by atoms with van der Waals surface area (Å²) in [6, 6.07) is 5.06. The molecule has 2 amide bonds. The molecule has 33 heavy (non-hydrogen) atoms. The third kappa shape index (κ3) is 6.29. The number of thiazole rings is 1. The molecule has 11 heteroatoms. The van der Waals surface area contributed by atoms with Crippen molar-refractivity contribution in [3.05, 3.63) is 28.6 Å². The van der Waals surface area contributed by atoms with Gasteiger partial charge in [-0.05, 0) is 50.8 Å². The van der Waals surface area contributed by atoms with Gasteiger partial charge in [-0.1, -0.05) is 18.3 Å². The number of likely N-dealkylation sites (tertiary alicyclic amines) is 1. The Kier molecular flexibility index (Phi) is 8.06. The molecule has 180 valence electrons. The van der Waals surface area contributed by atoms with E-state index in [4.69, 9.17) is 4.74 Å². The normalized spacial score (nSPS) is 17.4. The van der Waals surface area contributed by atoms with Gasteiger partial charge in [0, 0.05) is 19.6 Å². The fourth-order valence-corrected chi connectivity index (χ4v) is 6.13. The number of carbonyl (C=O) groups excluding carboxylic acids is 3. The van der Waals surface area contributed by atoms with Crippen LogP contribution in [0.1, 0.15) is 44.0 Å². The SMILES string of the molecule is CCOC(=O)c1ccc2c(c1)sc(=NC(=O)CS(=O)(=O)CC(=O)N1CCCC(C)C1)n2CC. The van der Waals surface area contributed by atoms with Gasteiger partial charge in [-0.25, -0.2) is 13.2 Å². The number of rotatable bonds is 7. The fourth-order valence-electron chi connectivity index (χ4n) is 3.88. The lowest BCUT2D eigenvalue weighted by molar-refractivity contribution is -0.130. The highest BCUT2D eigenvalue weighted by Crippen LogP contribution is 2.20. The number of aryl methyl sites for hydroxylation is 1. The lowest BCUT2D eigenvalue weighted by atomic mass is 10.0. The minimum atomic E-state index is -3.94. The van der Waals surface area contributed by atoms with Crippen LogP contribution in [0.4, 0.5) is 0 Å². The highest BCUT2D eigenvalue weighted by atomic mass is 32.2. The summed E-state index contributed by atoms with van der Waals surface area (Å²) >= 11 is 1.19. The smallest absolute Gasteiger partial charge is 0.338 e.